The summed E-state index contributed by atoms with van der Waals surface area (Å²) in [6, 6.07) is 0.0470. The van der Waals surface area contributed by atoms with Crippen molar-refractivity contribution in [3.8, 4) is 0 Å². The van der Waals surface area contributed by atoms with E-state index in [9.17, 15) is 4.79 Å². The number of aromatic nitrogens is 3. The fraction of sp³-hybridized carbons (Fsp3) is 0.700. The van der Waals surface area contributed by atoms with E-state index in [1.165, 1.54) is 6.33 Å². The molecule has 1 saturated carbocycles. The van der Waals surface area contributed by atoms with E-state index >= 15 is 0 Å². The molecule has 82 valence electrons. The smallest absolute Gasteiger partial charge is 0.145 e. The predicted octanol–water partition coefficient (Wildman–Crippen LogP) is 0.0541. The van der Waals surface area contributed by atoms with E-state index in [4.69, 9.17) is 5.73 Å². The Balaban J connectivity index is 2.01. The lowest BCUT2D eigenvalue weighted by Crippen LogP contribution is -2.32. The first kappa shape index (κ1) is 10.3. The van der Waals surface area contributed by atoms with Gasteiger partial charge in [0.05, 0.1) is 6.42 Å². The summed E-state index contributed by atoms with van der Waals surface area (Å²) in [6.45, 7) is 0. The second kappa shape index (κ2) is 4.10. The highest BCUT2D eigenvalue weighted by Crippen LogP contribution is 2.25. The second-order valence-corrected chi connectivity index (χ2v) is 4.14. The van der Waals surface area contributed by atoms with Crippen molar-refractivity contribution in [2.75, 3.05) is 0 Å². The summed E-state index contributed by atoms with van der Waals surface area (Å²) in [7, 11) is 1.80. The summed E-state index contributed by atoms with van der Waals surface area (Å²) in [5.41, 5.74) is 5.88. The molecular formula is C10H16N4O. The summed E-state index contributed by atoms with van der Waals surface area (Å²) in [5.74, 6) is 0.955. The van der Waals surface area contributed by atoms with Crippen molar-refractivity contribution in [2.24, 2.45) is 18.7 Å². The van der Waals surface area contributed by atoms with Crippen molar-refractivity contribution in [3.05, 3.63) is 12.2 Å². The summed E-state index contributed by atoms with van der Waals surface area (Å²) < 4.78 is 1.64. The molecule has 2 atom stereocenters. The molecule has 15 heavy (non-hydrogen) atoms. The number of rotatable bonds is 3. The van der Waals surface area contributed by atoms with E-state index in [-0.39, 0.29) is 17.7 Å². The molecule has 2 unspecified atom stereocenters. The van der Waals surface area contributed by atoms with E-state index in [1.807, 2.05) is 0 Å². The van der Waals surface area contributed by atoms with Crippen LogP contribution in [0.2, 0.25) is 0 Å². The van der Waals surface area contributed by atoms with Gasteiger partial charge in [0.25, 0.3) is 0 Å². The first-order valence-corrected chi connectivity index (χ1v) is 5.29. The molecule has 0 aliphatic heterocycles. The lowest BCUT2D eigenvalue weighted by Gasteiger charge is -2.13. The Bertz CT molecular complexity index is 360. The van der Waals surface area contributed by atoms with Crippen LogP contribution in [0.25, 0.3) is 0 Å². The monoisotopic (exact) mass is 208 g/mol. The third-order valence-corrected chi connectivity index (χ3v) is 3.12. The van der Waals surface area contributed by atoms with E-state index in [1.54, 1.807) is 11.7 Å². The molecule has 0 radical (unpaired) electrons. The van der Waals surface area contributed by atoms with Gasteiger partial charge in [-0.1, -0.05) is 6.42 Å². The van der Waals surface area contributed by atoms with Gasteiger partial charge in [0.15, 0.2) is 0 Å². The Morgan fingerprint density at radius 2 is 2.47 bits per heavy atom. The Morgan fingerprint density at radius 3 is 3.00 bits per heavy atom. The summed E-state index contributed by atoms with van der Waals surface area (Å²) in [5, 5.41) is 3.94. The van der Waals surface area contributed by atoms with Crippen LogP contribution in [0.1, 0.15) is 25.1 Å². The van der Waals surface area contributed by atoms with E-state index in [2.05, 4.69) is 10.1 Å². The Morgan fingerprint density at radius 1 is 1.67 bits per heavy atom. The van der Waals surface area contributed by atoms with Crippen molar-refractivity contribution in [3.63, 3.8) is 0 Å². The minimum atomic E-state index is 0.0294. The van der Waals surface area contributed by atoms with Crippen LogP contribution < -0.4 is 5.73 Å². The molecule has 2 rings (SSSR count). The van der Waals surface area contributed by atoms with Gasteiger partial charge in [0.2, 0.25) is 0 Å². The van der Waals surface area contributed by atoms with Crippen LogP contribution in [0.15, 0.2) is 6.33 Å². The lowest BCUT2D eigenvalue weighted by molar-refractivity contribution is -0.122. The number of nitrogens with zero attached hydrogens (tertiary/aromatic N) is 3. The molecule has 0 saturated heterocycles. The average molecular weight is 208 g/mol. The van der Waals surface area contributed by atoms with E-state index < -0.39 is 0 Å². The van der Waals surface area contributed by atoms with Gasteiger partial charge in [-0.25, -0.2) is 4.98 Å². The maximum Gasteiger partial charge on any atom is 0.145 e. The Hall–Kier alpha value is -1.23. The normalized spacial score (nSPS) is 25.7. The standard InChI is InChI=1S/C10H16N4O/c1-14-10(12-6-13-14)5-9(15)7-3-2-4-8(7)11/h6-8H,2-5,11H2,1H3. The number of aryl methyl sites for hydroxylation is 1. The van der Waals surface area contributed by atoms with Crippen LogP contribution in [0.4, 0.5) is 0 Å². The first-order chi connectivity index (χ1) is 7.18. The molecule has 1 aliphatic carbocycles. The van der Waals surface area contributed by atoms with Gasteiger partial charge >= 0.3 is 0 Å². The zero-order valence-electron chi connectivity index (χ0n) is 8.89. The fourth-order valence-corrected chi connectivity index (χ4v) is 2.16. The minimum absolute atomic E-state index is 0.0294. The van der Waals surface area contributed by atoms with E-state index in [0.29, 0.717) is 6.42 Å². The Kier molecular flexibility index (Phi) is 2.81. The Labute approximate surface area is 88.7 Å². The van der Waals surface area contributed by atoms with Crippen molar-refractivity contribution in [2.45, 2.75) is 31.7 Å². The predicted molar refractivity (Wildman–Crippen MR) is 55.0 cm³/mol. The zero-order valence-corrected chi connectivity index (χ0v) is 8.89. The minimum Gasteiger partial charge on any atom is -0.327 e. The van der Waals surface area contributed by atoms with Gasteiger partial charge in [-0.05, 0) is 12.8 Å². The van der Waals surface area contributed by atoms with Gasteiger partial charge in [0, 0.05) is 19.0 Å². The molecule has 1 aliphatic rings. The van der Waals surface area contributed by atoms with Crippen LogP contribution in [0.3, 0.4) is 0 Å². The summed E-state index contributed by atoms with van der Waals surface area (Å²) in [6.07, 6.45) is 4.79. The van der Waals surface area contributed by atoms with Crippen LogP contribution in [0.5, 0.6) is 0 Å². The number of hydrogen-bond donors (Lipinski definition) is 1. The number of Topliss-reactive ketones (excluding diaryl/α,β-unsaturated/α-hetero) is 1. The molecule has 2 N–H and O–H groups in total. The molecule has 1 aromatic heterocycles. The highest BCUT2D eigenvalue weighted by molar-refractivity contribution is 5.83. The molecule has 1 fully saturated rings. The molecule has 1 aromatic rings. The van der Waals surface area contributed by atoms with Crippen molar-refractivity contribution < 1.29 is 4.79 Å². The van der Waals surface area contributed by atoms with Crippen molar-refractivity contribution >= 4 is 5.78 Å². The number of carbonyl (C=O) groups excluding carboxylic acids is 1. The van der Waals surface area contributed by atoms with Crippen LogP contribution >= 0.6 is 0 Å². The van der Waals surface area contributed by atoms with Crippen molar-refractivity contribution in [1.29, 1.82) is 0 Å². The maximum atomic E-state index is 11.9. The maximum absolute atomic E-state index is 11.9. The second-order valence-electron chi connectivity index (χ2n) is 4.14. The number of carbonyl (C=O) groups is 1. The molecule has 0 amide bonds. The topological polar surface area (TPSA) is 73.8 Å². The van der Waals surface area contributed by atoms with Crippen LogP contribution in [-0.2, 0) is 18.3 Å². The molecule has 5 heteroatoms. The summed E-state index contributed by atoms with van der Waals surface area (Å²) in [4.78, 5) is 16.0. The zero-order chi connectivity index (χ0) is 10.8. The number of ketones is 1. The largest absolute Gasteiger partial charge is 0.327 e. The molecule has 1 heterocycles. The SMILES string of the molecule is Cn1ncnc1CC(=O)C1CCCC1N. The van der Waals surface area contributed by atoms with Gasteiger partial charge in [0.1, 0.15) is 17.9 Å². The van der Waals surface area contributed by atoms with Gasteiger partial charge in [-0.3, -0.25) is 9.48 Å². The first-order valence-electron chi connectivity index (χ1n) is 5.29. The quantitative estimate of drug-likeness (QED) is 0.762. The van der Waals surface area contributed by atoms with Crippen LogP contribution in [0, 0.1) is 5.92 Å². The van der Waals surface area contributed by atoms with Crippen molar-refractivity contribution in [1.82, 2.24) is 14.8 Å². The average Bonchev–Trinajstić information content (AvgIpc) is 2.76. The molecular weight excluding hydrogens is 192 g/mol. The fourth-order valence-electron chi connectivity index (χ4n) is 2.16. The lowest BCUT2D eigenvalue weighted by atomic mass is 9.96. The molecule has 0 aromatic carbocycles. The third kappa shape index (κ3) is 2.07. The molecule has 5 nitrogen and oxygen atoms in total. The van der Waals surface area contributed by atoms with Gasteiger partial charge in [-0.15, -0.1) is 0 Å². The highest BCUT2D eigenvalue weighted by Gasteiger charge is 2.30. The highest BCUT2D eigenvalue weighted by atomic mass is 16.1. The van der Waals surface area contributed by atoms with Crippen LogP contribution in [-0.4, -0.2) is 26.6 Å². The van der Waals surface area contributed by atoms with Gasteiger partial charge < -0.3 is 5.73 Å². The van der Waals surface area contributed by atoms with E-state index in [0.717, 1.165) is 25.1 Å². The third-order valence-electron chi connectivity index (χ3n) is 3.12. The molecule has 0 spiro atoms. The number of hydrogen-bond acceptors (Lipinski definition) is 4. The van der Waals surface area contributed by atoms with Gasteiger partial charge in [-0.2, -0.15) is 5.10 Å². The molecule has 0 bridgehead atoms. The summed E-state index contributed by atoms with van der Waals surface area (Å²) >= 11 is 0. The number of nitrogens with two attached hydrogens (primary N) is 1.